The number of fused-ring (bicyclic) bond motifs is 1. The highest BCUT2D eigenvalue weighted by molar-refractivity contribution is 5.80. The molecule has 1 aromatic heterocycles. The van der Waals surface area contributed by atoms with Gasteiger partial charge in [-0.1, -0.05) is 0 Å². The maximum Gasteiger partial charge on any atom is 0.226 e. The van der Waals surface area contributed by atoms with Crippen LogP contribution in [-0.4, -0.2) is 45.1 Å². The van der Waals surface area contributed by atoms with E-state index in [-0.39, 0.29) is 24.5 Å². The molecule has 0 radical (unpaired) electrons. The number of nitrogens with zero attached hydrogens (tertiary/aromatic N) is 2. The molecule has 3 rings (SSSR count). The molecule has 5 nitrogen and oxygen atoms in total. The predicted molar refractivity (Wildman–Crippen MR) is 79.9 cm³/mol. The molecule has 0 saturated carbocycles. The maximum absolute atomic E-state index is 12.9. The van der Waals surface area contributed by atoms with Crippen molar-refractivity contribution >= 4 is 5.91 Å². The molecule has 0 spiro atoms. The molecule has 1 saturated heterocycles. The fraction of sp³-hybridized carbons (Fsp3) is 0.750. The number of hydrogen-bond acceptors (Lipinski definition) is 3. The maximum atomic E-state index is 12.9. The number of carbonyl (C=O) groups is 1. The smallest absolute Gasteiger partial charge is 0.226 e. The first-order valence-electron chi connectivity index (χ1n) is 8.14. The van der Waals surface area contributed by atoms with E-state index in [0.29, 0.717) is 6.42 Å². The zero-order valence-electron chi connectivity index (χ0n) is 12.8. The number of aryl methyl sites for hydroxylation is 2. The molecule has 5 heteroatoms. The van der Waals surface area contributed by atoms with Crippen LogP contribution in [0.4, 0.5) is 0 Å². The lowest BCUT2D eigenvalue weighted by Gasteiger charge is -2.38. The van der Waals surface area contributed by atoms with Crippen LogP contribution in [0.5, 0.6) is 0 Å². The predicted octanol–water partition coefficient (Wildman–Crippen LogP) is 1.59. The summed E-state index contributed by atoms with van der Waals surface area (Å²) < 4.78 is 0. The van der Waals surface area contributed by atoms with Gasteiger partial charge in [-0.25, -0.2) is 4.98 Å². The number of aliphatic hydroxyl groups excluding tert-OH is 1. The number of amides is 1. The number of imidazole rings is 1. The first-order chi connectivity index (χ1) is 10.2. The summed E-state index contributed by atoms with van der Waals surface area (Å²) in [4.78, 5) is 22.7. The van der Waals surface area contributed by atoms with E-state index in [4.69, 9.17) is 0 Å². The number of likely N-dealkylation sites (tertiary alicyclic amines) is 1. The molecule has 1 aliphatic carbocycles. The Bertz CT molecular complexity index is 510. The molecule has 116 valence electrons. The number of nitrogens with one attached hydrogen (secondary N) is 1. The van der Waals surface area contributed by atoms with Crippen LogP contribution in [0.3, 0.4) is 0 Å². The molecule has 21 heavy (non-hydrogen) atoms. The van der Waals surface area contributed by atoms with E-state index in [1.165, 1.54) is 6.42 Å². The quantitative estimate of drug-likeness (QED) is 0.888. The van der Waals surface area contributed by atoms with Gasteiger partial charge < -0.3 is 15.0 Å². The Kier molecular flexibility index (Phi) is 4.29. The standard InChI is InChI=1S/C16H25N3O2/c1-11-17-14-6-5-12(10-15(14)18-11)16(21)19-8-3-2-4-13(19)7-9-20/h12-13,20H,2-10H2,1H3,(H,17,18). The number of hydrogen-bond donors (Lipinski definition) is 2. The Morgan fingerprint density at radius 2 is 2.29 bits per heavy atom. The van der Waals surface area contributed by atoms with Crippen LogP contribution in [-0.2, 0) is 17.6 Å². The van der Waals surface area contributed by atoms with Gasteiger partial charge in [-0.05, 0) is 45.4 Å². The Morgan fingerprint density at radius 1 is 1.43 bits per heavy atom. The van der Waals surface area contributed by atoms with Crippen molar-refractivity contribution in [3.8, 4) is 0 Å². The third-order valence-electron chi connectivity index (χ3n) is 4.88. The monoisotopic (exact) mass is 291 g/mol. The first-order valence-corrected chi connectivity index (χ1v) is 8.14. The van der Waals surface area contributed by atoms with Crippen LogP contribution in [0.1, 0.15) is 49.3 Å². The summed E-state index contributed by atoms with van der Waals surface area (Å²) >= 11 is 0. The summed E-state index contributed by atoms with van der Waals surface area (Å²) in [5.41, 5.74) is 2.29. The SMILES string of the molecule is Cc1nc2c([nH]1)CC(C(=O)N1CCCCC1CCO)CC2. The first kappa shape index (κ1) is 14.6. The number of H-pyrrole nitrogens is 1. The number of carbonyl (C=O) groups excluding carboxylic acids is 1. The van der Waals surface area contributed by atoms with Crippen molar-refractivity contribution < 1.29 is 9.90 Å². The van der Waals surface area contributed by atoms with Gasteiger partial charge in [-0.2, -0.15) is 0 Å². The molecule has 2 N–H and O–H groups in total. The minimum atomic E-state index is 0.0802. The molecule has 2 heterocycles. The normalized spacial score (nSPS) is 25.7. The van der Waals surface area contributed by atoms with Gasteiger partial charge in [-0.15, -0.1) is 0 Å². The van der Waals surface area contributed by atoms with Crippen molar-refractivity contribution in [1.29, 1.82) is 0 Å². The fourth-order valence-electron chi connectivity index (χ4n) is 3.81. The van der Waals surface area contributed by atoms with Crippen LogP contribution in [0.15, 0.2) is 0 Å². The van der Waals surface area contributed by atoms with Gasteiger partial charge in [0.25, 0.3) is 0 Å². The van der Waals surface area contributed by atoms with Crippen molar-refractivity contribution in [2.75, 3.05) is 13.2 Å². The molecule has 2 aliphatic rings. The summed E-state index contributed by atoms with van der Waals surface area (Å²) in [5.74, 6) is 1.31. The molecular formula is C16H25N3O2. The van der Waals surface area contributed by atoms with Gasteiger partial charge in [0.05, 0.1) is 5.69 Å². The van der Waals surface area contributed by atoms with Gasteiger partial charge >= 0.3 is 0 Å². The van der Waals surface area contributed by atoms with Gasteiger partial charge in [-0.3, -0.25) is 4.79 Å². The second kappa shape index (κ2) is 6.18. The van der Waals surface area contributed by atoms with Gasteiger partial charge in [0.1, 0.15) is 5.82 Å². The summed E-state index contributed by atoms with van der Waals surface area (Å²) in [6.45, 7) is 2.99. The molecule has 1 aromatic rings. The average Bonchev–Trinajstić information content (AvgIpc) is 2.86. The van der Waals surface area contributed by atoms with E-state index in [9.17, 15) is 9.90 Å². The van der Waals surface area contributed by atoms with E-state index in [2.05, 4.69) is 9.97 Å². The molecule has 0 aromatic carbocycles. The van der Waals surface area contributed by atoms with Crippen molar-refractivity contribution in [3.63, 3.8) is 0 Å². The summed E-state index contributed by atoms with van der Waals surface area (Å²) in [7, 11) is 0. The second-order valence-electron chi connectivity index (χ2n) is 6.38. The Hall–Kier alpha value is -1.36. The van der Waals surface area contributed by atoms with Crippen LogP contribution >= 0.6 is 0 Å². The molecule has 1 amide bonds. The number of aromatic nitrogens is 2. The van der Waals surface area contributed by atoms with E-state index < -0.39 is 0 Å². The number of piperidine rings is 1. The highest BCUT2D eigenvalue weighted by Gasteiger charge is 2.33. The number of aromatic amines is 1. The minimum absolute atomic E-state index is 0.0802. The Labute approximate surface area is 125 Å². The Morgan fingerprint density at radius 3 is 3.10 bits per heavy atom. The lowest BCUT2D eigenvalue weighted by molar-refractivity contribution is -0.140. The van der Waals surface area contributed by atoms with Gasteiger partial charge in [0.15, 0.2) is 0 Å². The van der Waals surface area contributed by atoms with Crippen LogP contribution in [0, 0.1) is 12.8 Å². The van der Waals surface area contributed by atoms with Crippen molar-refractivity contribution in [3.05, 3.63) is 17.2 Å². The van der Waals surface area contributed by atoms with Crippen LogP contribution < -0.4 is 0 Å². The zero-order chi connectivity index (χ0) is 14.8. The van der Waals surface area contributed by atoms with Crippen molar-refractivity contribution in [1.82, 2.24) is 14.9 Å². The van der Waals surface area contributed by atoms with Crippen molar-refractivity contribution in [2.45, 2.75) is 57.9 Å². The highest BCUT2D eigenvalue weighted by Crippen LogP contribution is 2.28. The molecular weight excluding hydrogens is 266 g/mol. The van der Waals surface area contributed by atoms with Gasteiger partial charge in [0.2, 0.25) is 5.91 Å². The van der Waals surface area contributed by atoms with Gasteiger partial charge in [0, 0.05) is 37.2 Å². The molecule has 2 unspecified atom stereocenters. The fourth-order valence-corrected chi connectivity index (χ4v) is 3.81. The Balaban J connectivity index is 1.70. The van der Waals surface area contributed by atoms with E-state index in [1.54, 1.807) is 0 Å². The topological polar surface area (TPSA) is 69.2 Å². The molecule has 1 aliphatic heterocycles. The van der Waals surface area contributed by atoms with E-state index in [0.717, 1.165) is 55.9 Å². The molecule has 0 bridgehead atoms. The lowest BCUT2D eigenvalue weighted by atomic mass is 9.87. The third kappa shape index (κ3) is 2.98. The van der Waals surface area contributed by atoms with Crippen LogP contribution in [0.2, 0.25) is 0 Å². The van der Waals surface area contributed by atoms with E-state index in [1.807, 2.05) is 11.8 Å². The summed E-state index contributed by atoms with van der Waals surface area (Å²) in [5, 5.41) is 9.21. The largest absolute Gasteiger partial charge is 0.396 e. The zero-order valence-corrected chi connectivity index (χ0v) is 12.8. The number of rotatable bonds is 3. The lowest BCUT2D eigenvalue weighted by Crippen LogP contribution is -2.47. The van der Waals surface area contributed by atoms with Crippen LogP contribution in [0.25, 0.3) is 0 Å². The summed E-state index contributed by atoms with van der Waals surface area (Å²) in [6, 6.07) is 0.237. The minimum Gasteiger partial charge on any atom is -0.396 e. The van der Waals surface area contributed by atoms with Crippen molar-refractivity contribution in [2.24, 2.45) is 5.92 Å². The summed E-state index contributed by atoms with van der Waals surface area (Å²) in [6.07, 6.45) is 6.60. The molecule has 1 fully saturated rings. The van der Waals surface area contributed by atoms with E-state index >= 15 is 0 Å². The number of aliphatic hydroxyl groups is 1. The second-order valence-corrected chi connectivity index (χ2v) is 6.38. The third-order valence-corrected chi connectivity index (χ3v) is 4.88. The average molecular weight is 291 g/mol. The highest BCUT2D eigenvalue weighted by atomic mass is 16.3. The molecule has 2 atom stereocenters.